The van der Waals surface area contributed by atoms with E-state index in [2.05, 4.69) is 10.1 Å². The van der Waals surface area contributed by atoms with E-state index in [0.29, 0.717) is 28.6 Å². The third-order valence-corrected chi connectivity index (χ3v) is 7.83. The molecule has 0 spiro atoms. The summed E-state index contributed by atoms with van der Waals surface area (Å²) in [6, 6.07) is 21.5. The topological polar surface area (TPSA) is 97.3 Å². The summed E-state index contributed by atoms with van der Waals surface area (Å²) >= 11 is 1.47. The Balaban J connectivity index is 1.38. The first kappa shape index (κ1) is 24.7. The van der Waals surface area contributed by atoms with Gasteiger partial charge in [0.2, 0.25) is 5.13 Å². The lowest BCUT2D eigenvalue weighted by atomic mass is 10.0. The molecule has 0 radical (unpaired) electrons. The molecule has 0 bridgehead atoms. The molecule has 0 saturated carbocycles. The van der Waals surface area contributed by atoms with E-state index in [4.69, 9.17) is 19.5 Å². The fourth-order valence-corrected chi connectivity index (χ4v) is 5.67. The minimum absolute atomic E-state index is 0.182. The molecule has 3 heterocycles. The number of aromatic amines is 2. The average Bonchev–Trinajstić information content (AvgIpc) is 3.67. The number of aliphatic imine (C=N–C) groups is 1. The van der Waals surface area contributed by atoms with E-state index in [0.717, 1.165) is 50.2 Å². The number of hydrogen-bond acceptors (Lipinski definition) is 6. The molecule has 6 rings (SSSR count). The number of thiazole rings is 1. The molecule has 2 N–H and O–H groups in total. The van der Waals surface area contributed by atoms with Crippen molar-refractivity contribution in [2.45, 2.75) is 13.3 Å². The molecule has 6 aromatic rings. The highest BCUT2D eigenvalue weighted by atomic mass is 32.1. The standard InChI is InChI=1S/C30H27N5O3S/c1-18(31-15-14-20-17-32-24-13-12-22(38-3)16-23(20)24)27-28(19-8-10-21(37-2)11-9-19)34-35(29(27)36)30-33-25-6-4-5-7-26(25)39-30/h4-13,16-17,32,34H,14-15H2,1-3H3. The maximum Gasteiger partial charge on any atom is 0.283 e. The maximum absolute atomic E-state index is 13.8. The van der Waals surface area contributed by atoms with E-state index < -0.39 is 0 Å². The van der Waals surface area contributed by atoms with Crippen molar-refractivity contribution in [2.75, 3.05) is 20.8 Å². The highest BCUT2D eigenvalue weighted by Gasteiger charge is 2.21. The van der Waals surface area contributed by atoms with Crippen LogP contribution in [0.1, 0.15) is 18.1 Å². The predicted molar refractivity (Wildman–Crippen MR) is 157 cm³/mol. The number of nitrogens with zero attached hydrogens (tertiary/aromatic N) is 3. The van der Waals surface area contributed by atoms with Crippen LogP contribution in [-0.2, 0) is 6.42 Å². The number of aromatic nitrogens is 4. The molecular weight excluding hydrogens is 510 g/mol. The largest absolute Gasteiger partial charge is 0.497 e. The van der Waals surface area contributed by atoms with Gasteiger partial charge in [0.15, 0.2) is 0 Å². The van der Waals surface area contributed by atoms with Crippen LogP contribution in [-0.4, -0.2) is 46.2 Å². The first-order valence-electron chi connectivity index (χ1n) is 12.6. The van der Waals surface area contributed by atoms with Crippen molar-refractivity contribution >= 4 is 38.2 Å². The van der Waals surface area contributed by atoms with Gasteiger partial charge in [-0.3, -0.25) is 14.9 Å². The molecule has 196 valence electrons. The Morgan fingerprint density at radius 1 is 1.03 bits per heavy atom. The molecule has 0 aliphatic carbocycles. The SMILES string of the molecule is COc1ccc(-c2[nH]n(-c3nc4ccccc4s3)c(=O)c2C(C)=NCCc2c[nH]c3ccc(OC)cc23)cc1. The van der Waals surface area contributed by atoms with Crippen LogP contribution < -0.4 is 15.0 Å². The van der Waals surface area contributed by atoms with Gasteiger partial charge in [0, 0.05) is 34.9 Å². The predicted octanol–water partition coefficient (Wildman–Crippen LogP) is 5.99. The van der Waals surface area contributed by atoms with Crippen molar-refractivity contribution in [1.82, 2.24) is 19.7 Å². The van der Waals surface area contributed by atoms with Gasteiger partial charge in [0.1, 0.15) is 11.5 Å². The lowest BCUT2D eigenvalue weighted by Gasteiger charge is -2.05. The number of para-hydroxylation sites is 1. The Hall–Kier alpha value is -4.63. The van der Waals surface area contributed by atoms with Gasteiger partial charge < -0.3 is 14.5 Å². The summed E-state index contributed by atoms with van der Waals surface area (Å²) in [5.74, 6) is 1.56. The highest BCUT2D eigenvalue weighted by molar-refractivity contribution is 7.20. The van der Waals surface area contributed by atoms with Crippen molar-refractivity contribution in [3.05, 3.63) is 94.4 Å². The smallest absolute Gasteiger partial charge is 0.283 e. The van der Waals surface area contributed by atoms with Gasteiger partial charge in [-0.25, -0.2) is 4.98 Å². The zero-order valence-electron chi connectivity index (χ0n) is 21.8. The molecule has 0 aliphatic heterocycles. The third kappa shape index (κ3) is 4.61. The summed E-state index contributed by atoms with van der Waals surface area (Å²) in [5, 5.41) is 5.01. The second-order valence-electron chi connectivity index (χ2n) is 9.14. The molecule has 3 aromatic heterocycles. The molecular formula is C30H27N5O3S. The molecule has 0 saturated heterocycles. The van der Waals surface area contributed by atoms with Crippen LogP contribution in [0, 0.1) is 0 Å². The van der Waals surface area contributed by atoms with Gasteiger partial charge in [-0.05, 0) is 73.5 Å². The molecule has 0 fully saturated rings. The van der Waals surface area contributed by atoms with Crippen molar-refractivity contribution in [2.24, 2.45) is 4.99 Å². The van der Waals surface area contributed by atoms with E-state index >= 15 is 0 Å². The number of rotatable bonds is 8. The quantitative estimate of drug-likeness (QED) is 0.233. The summed E-state index contributed by atoms with van der Waals surface area (Å²) in [6.45, 7) is 2.42. The Kier molecular flexibility index (Phi) is 6.50. The Bertz CT molecular complexity index is 1840. The maximum atomic E-state index is 13.8. The molecule has 3 aromatic carbocycles. The fourth-order valence-electron chi connectivity index (χ4n) is 4.74. The van der Waals surface area contributed by atoms with Gasteiger partial charge in [-0.15, -0.1) is 0 Å². The minimum Gasteiger partial charge on any atom is -0.497 e. The number of hydrogen-bond donors (Lipinski definition) is 2. The first-order valence-corrected chi connectivity index (χ1v) is 13.4. The molecule has 0 amide bonds. The normalized spacial score (nSPS) is 11.9. The Morgan fingerprint density at radius 3 is 2.56 bits per heavy atom. The van der Waals surface area contributed by atoms with E-state index in [-0.39, 0.29) is 5.56 Å². The van der Waals surface area contributed by atoms with Crippen LogP contribution in [0.2, 0.25) is 0 Å². The number of ether oxygens (including phenoxy) is 2. The van der Waals surface area contributed by atoms with Crippen LogP contribution >= 0.6 is 11.3 Å². The summed E-state index contributed by atoms with van der Waals surface area (Å²) in [5.41, 5.74) is 5.63. The van der Waals surface area contributed by atoms with Gasteiger partial charge >= 0.3 is 0 Å². The number of nitrogens with one attached hydrogen (secondary N) is 2. The van der Waals surface area contributed by atoms with Crippen LogP contribution in [0.3, 0.4) is 0 Å². The number of benzene rings is 3. The molecule has 0 unspecified atom stereocenters. The van der Waals surface area contributed by atoms with Crippen LogP contribution in [0.15, 0.2) is 82.7 Å². The number of fused-ring (bicyclic) bond motifs is 2. The Morgan fingerprint density at radius 2 is 1.79 bits per heavy atom. The molecule has 8 nitrogen and oxygen atoms in total. The average molecular weight is 538 g/mol. The van der Waals surface area contributed by atoms with E-state index in [1.165, 1.54) is 16.0 Å². The fraction of sp³-hybridized carbons (Fsp3) is 0.167. The van der Waals surface area contributed by atoms with Gasteiger partial charge in [-0.2, -0.15) is 4.68 Å². The Labute approximate surface area is 228 Å². The lowest BCUT2D eigenvalue weighted by Crippen LogP contribution is -2.19. The van der Waals surface area contributed by atoms with Crippen LogP contribution in [0.4, 0.5) is 0 Å². The summed E-state index contributed by atoms with van der Waals surface area (Å²) in [4.78, 5) is 26.7. The van der Waals surface area contributed by atoms with Gasteiger partial charge in [-0.1, -0.05) is 23.5 Å². The van der Waals surface area contributed by atoms with Crippen molar-refractivity contribution in [3.63, 3.8) is 0 Å². The van der Waals surface area contributed by atoms with E-state index in [9.17, 15) is 4.79 Å². The molecule has 0 aliphatic rings. The zero-order valence-corrected chi connectivity index (χ0v) is 22.6. The molecule has 9 heteroatoms. The zero-order chi connectivity index (χ0) is 26.9. The summed E-state index contributed by atoms with van der Waals surface area (Å²) in [6.07, 6.45) is 2.73. The highest BCUT2D eigenvalue weighted by Crippen LogP contribution is 2.28. The van der Waals surface area contributed by atoms with Crippen molar-refractivity contribution < 1.29 is 9.47 Å². The first-order chi connectivity index (χ1) is 19.1. The second kappa shape index (κ2) is 10.3. The van der Waals surface area contributed by atoms with Gasteiger partial charge in [0.25, 0.3) is 5.56 Å². The van der Waals surface area contributed by atoms with Gasteiger partial charge in [0.05, 0.1) is 35.7 Å². The van der Waals surface area contributed by atoms with Crippen molar-refractivity contribution in [1.29, 1.82) is 0 Å². The second-order valence-corrected chi connectivity index (χ2v) is 10.1. The summed E-state index contributed by atoms with van der Waals surface area (Å²) in [7, 11) is 3.30. The van der Waals surface area contributed by atoms with Crippen molar-refractivity contribution in [3.8, 4) is 27.9 Å². The molecule has 39 heavy (non-hydrogen) atoms. The van der Waals surface area contributed by atoms with Crippen LogP contribution in [0.5, 0.6) is 11.5 Å². The number of methoxy groups -OCH3 is 2. The van der Waals surface area contributed by atoms with Crippen LogP contribution in [0.25, 0.3) is 37.5 Å². The monoisotopic (exact) mass is 537 g/mol. The minimum atomic E-state index is -0.182. The number of H-pyrrole nitrogens is 2. The third-order valence-electron chi connectivity index (χ3n) is 6.81. The molecule has 0 atom stereocenters. The lowest BCUT2D eigenvalue weighted by molar-refractivity contribution is 0.415. The van der Waals surface area contributed by atoms with E-state index in [1.54, 1.807) is 14.2 Å². The van der Waals surface area contributed by atoms with E-state index in [1.807, 2.05) is 79.9 Å². The summed E-state index contributed by atoms with van der Waals surface area (Å²) < 4.78 is 13.3.